The van der Waals surface area contributed by atoms with Gasteiger partial charge in [-0.25, -0.2) is 4.68 Å². The maximum Gasteiger partial charge on any atom is 0.193 e. The van der Waals surface area contributed by atoms with Gasteiger partial charge in [0.25, 0.3) is 0 Å². The van der Waals surface area contributed by atoms with Crippen molar-refractivity contribution in [2.24, 2.45) is 0 Å². The predicted octanol–water partition coefficient (Wildman–Crippen LogP) is 6.93. The summed E-state index contributed by atoms with van der Waals surface area (Å²) in [5.41, 5.74) is 3.31. The van der Waals surface area contributed by atoms with Gasteiger partial charge in [0, 0.05) is 41.6 Å². The molecular formula is C39H33N3O7. The zero-order valence-corrected chi connectivity index (χ0v) is 26.6. The second-order valence-electron chi connectivity index (χ2n) is 11.4. The molecule has 0 spiro atoms. The van der Waals surface area contributed by atoms with Gasteiger partial charge in [0.15, 0.2) is 10.9 Å². The number of fused-ring (bicyclic) bond motifs is 2. The molecule has 3 heterocycles. The quantitative estimate of drug-likeness (QED) is 0.115. The molecule has 0 N–H and O–H groups in total. The molecule has 0 radical (unpaired) electrons. The van der Waals surface area contributed by atoms with Crippen LogP contribution in [-0.2, 0) is 17.7 Å². The normalized spacial score (nSPS) is 11.3. The summed E-state index contributed by atoms with van der Waals surface area (Å²) in [6.45, 7) is 2.21. The maximum atomic E-state index is 12.6. The Morgan fingerprint density at radius 2 is 1.18 bits per heavy atom. The van der Waals surface area contributed by atoms with E-state index < -0.39 is 0 Å². The third kappa shape index (κ3) is 7.77. The maximum absolute atomic E-state index is 12.6. The van der Waals surface area contributed by atoms with Gasteiger partial charge >= 0.3 is 0 Å². The van der Waals surface area contributed by atoms with Gasteiger partial charge in [0.1, 0.15) is 40.8 Å². The van der Waals surface area contributed by atoms with E-state index >= 15 is 0 Å². The summed E-state index contributed by atoms with van der Waals surface area (Å²) in [5, 5.41) is 9.47. The Kier molecular flexibility index (Phi) is 9.56. The van der Waals surface area contributed by atoms with E-state index in [4.69, 9.17) is 23.0 Å². The van der Waals surface area contributed by atoms with Crippen LogP contribution in [0, 0.1) is 0 Å². The Hall–Kier alpha value is -6.00. The van der Waals surface area contributed by atoms with Gasteiger partial charge in [-0.1, -0.05) is 65.9 Å². The molecule has 7 aromatic rings. The second kappa shape index (κ2) is 14.8. The van der Waals surface area contributed by atoms with E-state index in [9.17, 15) is 9.59 Å². The fourth-order valence-corrected chi connectivity index (χ4v) is 5.42. The number of aryl methyl sites for hydroxylation is 1. The van der Waals surface area contributed by atoms with Crippen LogP contribution >= 0.6 is 0 Å². The number of nitrogens with zero attached hydrogens (tertiary/aromatic N) is 3. The Labute approximate surface area is 281 Å². The highest BCUT2D eigenvalue weighted by molar-refractivity contribution is 5.81. The summed E-state index contributed by atoms with van der Waals surface area (Å²) in [4.78, 5) is 25.2. The average molecular weight is 656 g/mol. The van der Waals surface area contributed by atoms with Crippen LogP contribution in [0.4, 0.5) is 0 Å². The lowest BCUT2D eigenvalue weighted by atomic mass is 10.1. The molecule has 246 valence electrons. The fourth-order valence-electron chi connectivity index (χ4n) is 5.42. The molecule has 0 atom stereocenters. The molecule has 0 fully saturated rings. The zero-order chi connectivity index (χ0) is 33.4. The average Bonchev–Trinajstić information content (AvgIpc) is 3.59. The van der Waals surface area contributed by atoms with Gasteiger partial charge in [-0.2, -0.15) is 0 Å². The summed E-state index contributed by atoms with van der Waals surface area (Å²) in [7, 11) is 0. The van der Waals surface area contributed by atoms with Gasteiger partial charge in [-0.3, -0.25) is 9.59 Å². The number of hydrogen-bond donors (Lipinski definition) is 0. The molecule has 0 saturated heterocycles. The van der Waals surface area contributed by atoms with Crippen LogP contribution in [-0.4, -0.2) is 41.4 Å². The molecule has 3 aromatic heterocycles. The van der Waals surface area contributed by atoms with Crippen LogP contribution in [0.25, 0.3) is 44.6 Å². The Balaban J connectivity index is 0.830. The second-order valence-corrected chi connectivity index (χ2v) is 11.4. The first-order valence-corrected chi connectivity index (χ1v) is 16.1. The van der Waals surface area contributed by atoms with E-state index in [0.29, 0.717) is 84.4 Å². The molecule has 0 aliphatic rings. The molecule has 4 aromatic carbocycles. The molecule has 7 rings (SSSR count). The van der Waals surface area contributed by atoms with Crippen molar-refractivity contribution in [3.05, 3.63) is 142 Å². The summed E-state index contributed by atoms with van der Waals surface area (Å²) in [5.74, 6) is 2.27. The van der Waals surface area contributed by atoms with Gasteiger partial charge in [-0.05, 0) is 37.1 Å². The highest BCUT2D eigenvalue weighted by Gasteiger charge is 2.10. The molecule has 10 nitrogen and oxygen atoms in total. The van der Waals surface area contributed by atoms with Crippen molar-refractivity contribution in [1.82, 2.24) is 15.0 Å². The van der Waals surface area contributed by atoms with Crippen molar-refractivity contribution in [1.29, 1.82) is 0 Å². The van der Waals surface area contributed by atoms with E-state index in [1.807, 2.05) is 66.9 Å². The van der Waals surface area contributed by atoms with Crippen molar-refractivity contribution in [2.45, 2.75) is 19.4 Å². The molecule has 49 heavy (non-hydrogen) atoms. The number of hydrogen-bond acceptors (Lipinski definition) is 9. The minimum absolute atomic E-state index is 0.0928. The molecule has 0 unspecified atom stereocenters. The molecule has 0 aliphatic carbocycles. The van der Waals surface area contributed by atoms with E-state index in [1.165, 1.54) is 12.1 Å². The lowest BCUT2D eigenvalue weighted by Crippen LogP contribution is -2.12. The largest absolute Gasteiger partial charge is 0.493 e. The lowest BCUT2D eigenvalue weighted by molar-refractivity contribution is 0.0923. The van der Waals surface area contributed by atoms with Crippen molar-refractivity contribution in [3.8, 4) is 34.1 Å². The van der Waals surface area contributed by atoms with Crippen LogP contribution in [0.5, 0.6) is 11.5 Å². The Morgan fingerprint density at radius 3 is 1.78 bits per heavy atom. The number of benzene rings is 4. The number of aromatic nitrogens is 3. The molecule has 0 aliphatic heterocycles. The minimum atomic E-state index is -0.101. The highest BCUT2D eigenvalue weighted by Crippen LogP contribution is 2.26. The summed E-state index contributed by atoms with van der Waals surface area (Å²) >= 11 is 0. The first-order valence-electron chi connectivity index (χ1n) is 16.1. The van der Waals surface area contributed by atoms with Crippen LogP contribution in [0.2, 0.25) is 0 Å². The first-order chi connectivity index (χ1) is 24.1. The summed E-state index contributed by atoms with van der Waals surface area (Å²) in [6.07, 6.45) is 3.35. The molecule has 0 saturated carbocycles. The van der Waals surface area contributed by atoms with E-state index in [2.05, 4.69) is 10.3 Å². The first kappa shape index (κ1) is 31.6. The van der Waals surface area contributed by atoms with E-state index in [0.717, 1.165) is 23.2 Å². The zero-order valence-electron chi connectivity index (χ0n) is 26.6. The predicted molar refractivity (Wildman–Crippen MR) is 186 cm³/mol. The van der Waals surface area contributed by atoms with E-state index in [-0.39, 0.29) is 10.9 Å². The molecule has 10 heteroatoms. The summed E-state index contributed by atoms with van der Waals surface area (Å²) < 4.78 is 31.3. The monoisotopic (exact) mass is 655 g/mol. The standard InChI is InChI=1S/C39H33N3O7/c43-34-24-36(27-8-3-1-4-9-27)48-38-22-30(13-15-32(34)38)46-18-7-12-29-26-42(41-40-29)17-19-45-20-21-47-31-14-16-33-35(44)25-37(49-39(33)23-31)28-10-5-2-6-11-28/h1-6,8-11,13-16,22-26H,7,12,17-21H2. The molecule has 0 amide bonds. The summed E-state index contributed by atoms with van der Waals surface area (Å²) in [6, 6.07) is 32.6. The van der Waals surface area contributed by atoms with Gasteiger partial charge < -0.3 is 23.0 Å². The van der Waals surface area contributed by atoms with Gasteiger partial charge in [0.05, 0.1) is 42.8 Å². The van der Waals surface area contributed by atoms with Crippen molar-refractivity contribution >= 4 is 21.9 Å². The third-order valence-electron chi connectivity index (χ3n) is 7.91. The van der Waals surface area contributed by atoms with Crippen molar-refractivity contribution < 1.29 is 23.0 Å². The van der Waals surface area contributed by atoms with Crippen LogP contribution in [0.1, 0.15) is 12.1 Å². The van der Waals surface area contributed by atoms with Crippen LogP contribution in [0.3, 0.4) is 0 Å². The SMILES string of the molecule is O=c1cc(-c2ccccc2)oc2cc(OCCCc3cn(CCOCCOc4ccc5c(=O)cc(-c6ccccc6)oc5c4)nn3)ccc12. The third-order valence-corrected chi connectivity index (χ3v) is 7.91. The lowest BCUT2D eigenvalue weighted by Gasteiger charge is -2.08. The van der Waals surface area contributed by atoms with Gasteiger partial charge in [0.2, 0.25) is 0 Å². The fraction of sp³-hybridized carbons (Fsp3) is 0.179. The van der Waals surface area contributed by atoms with E-state index in [1.54, 1.807) is 41.1 Å². The minimum Gasteiger partial charge on any atom is -0.493 e. The van der Waals surface area contributed by atoms with Crippen molar-refractivity contribution in [3.63, 3.8) is 0 Å². The smallest absolute Gasteiger partial charge is 0.193 e. The number of rotatable bonds is 14. The topological polar surface area (TPSA) is 119 Å². The van der Waals surface area contributed by atoms with Gasteiger partial charge in [-0.15, -0.1) is 5.10 Å². The highest BCUT2D eigenvalue weighted by atomic mass is 16.5. The Bertz CT molecular complexity index is 2300. The van der Waals surface area contributed by atoms with Crippen molar-refractivity contribution in [2.75, 3.05) is 26.4 Å². The number of ether oxygens (including phenoxy) is 3. The van der Waals surface area contributed by atoms with Crippen LogP contribution in [0.15, 0.2) is 134 Å². The Morgan fingerprint density at radius 1 is 0.612 bits per heavy atom. The van der Waals surface area contributed by atoms with Crippen LogP contribution < -0.4 is 20.3 Å². The molecular weight excluding hydrogens is 622 g/mol. The molecule has 0 bridgehead atoms.